The summed E-state index contributed by atoms with van der Waals surface area (Å²) in [6.45, 7) is 0. The summed E-state index contributed by atoms with van der Waals surface area (Å²) < 4.78 is 28.5. The third-order valence-electron chi connectivity index (χ3n) is 3.22. The fraction of sp³-hybridized carbons (Fsp3) is 0.125. The molecule has 3 nitrogen and oxygen atoms in total. The van der Waals surface area contributed by atoms with Gasteiger partial charge in [-0.1, -0.05) is 6.07 Å². The molecule has 0 fully saturated rings. The number of carbonyl (C=O) groups is 1. The number of thiazole rings is 1. The van der Waals surface area contributed by atoms with Gasteiger partial charge in [-0.2, -0.15) is 0 Å². The molecule has 0 saturated carbocycles. The first kappa shape index (κ1) is 16.3. The first-order valence-corrected chi connectivity index (χ1v) is 8.55. The number of aromatic nitrogens is 1. The number of nitrogens with zero attached hydrogens (tertiary/aromatic N) is 1. The van der Waals surface area contributed by atoms with Gasteiger partial charge >= 0.3 is 5.97 Å². The van der Waals surface area contributed by atoms with E-state index in [0.717, 1.165) is 15.2 Å². The van der Waals surface area contributed by atoms with Crippen LogP contribution in [0.25, 0.3) is 10.2 Å². The van der Waals surface area contributed by atoms with E-state index >= 15 is 0 Å². The van der Waals surface area contributed by atoms with E-state index in [-0.39, 0.29) is 11.9 Å². The Balaban J connectivity index is 1.94. The van der Waals surface area contributed by atoms with Gasteiger partial charge in [0.05, 0.1) is 16.1 Å². The lowest BCUT2D eigenvalue weighted by Crippen LogP contribution is -2.01. The standard InChI is InChI=1S/C16H10F2INO2S/c17-11-1-2-12-16(15(11)18)20-13(23-12)6-8-3-9(7-14(21)22)5-10(19)4-8/h1-5H,6-7H2,(H,21,22). The van der Waals surface area contributed by atoms with Gasteiger partial charge in [0.25, 0.3) is 0 Å². The van der Waals surface area contributed by atoms with Crippen LogP contribution in [0.2, 0.25) is 0 Å². The molecular formula is C16H10F2INO2S. The summed E-state index contributed by atoms with van der Waals surface area (Å²) in [6, 6.07) is 8.15. The molecule has 0 radical (unpaired) electrons. The molecule has 0 amide bonds. The van der Waals surface area contributed by atoms with E-state index in [0.29, 0.717) is 21.7 Å². The molecule has 0 spiro atoms. The Morgan fingerprint density at radius 1 is 1.22 bits per heavy atom. The third kappa shape index (κ3) is 3.66. The summed E-state index contributed by atoms with van der Waals surface area (Å²) in [5.41, 5.74) is 1.65. The Kier molecular flexibility index (Phi) is 4.58. The topological polar surface area (TPSA) is 50.2 Å². The molecule has 1 heterocycles. The number of benzene rings is 2. The minimum absolute atomic E-state index is 0.0430. The van der Waals surface area contributed by atoms with Crippen LogP contribution in [-0.2, 0) is 17.6 Å². The highest BCUT2D eigenvalue weighted by Gasteiger charge is 2.13. The Hall–Kier alpha value is -1.61. The van der Waals surface area contributed by atoms with E-state index in [2.05, 4.69) is 27.6 Å². The summed E-state index contributed by atoms with van der Waals surface area (Å²) in [5, 5.41) is 9.56. The molecule has 2 aromatic carbocycles. The van der Waals surface area contributed by atoms with E-state index in [1.165, 1.54) is 17.4 Å². The first-order valence-electron chi connectivity index (χ1n) is 6.66. The molecule has 0 atom stereocenters. The molecule has 23 heavy (non-hydrogen) atoms. The summed E-state index contributed by atoms with van der Waals surface area (Å²) in [5.74, 6) is -2.73. The summed E-state index contributed by atoms with van der Waals surface area (Å²) >= 11 is 3.43. The molecule has 118 valence electrons. The van der Waals surface area contributed by atoms with Crippen LogP contribution in [0.3, 0.4) is 0 Å². The van der Waals surface area contributed by atoms with Crippen LogP contribution in [0, 0.1) is 15.2 Å². The van der Waals surface area contributed by atoms with E-state index < -0.39 is 17.6 Å². The van der Waals surface area contributed by atoms with Crippen LogP contribution in [0.1, 0.15) is 16.1 Å². The predicted octanol–water partition coefficient (Wildman–Crippen LogP) is 4.40. The van der Waals surface area contributed by atoms with Crippen molar-refractivity contribution in [2.24, 2.45) is 0 Å². The van der Waals surface area contributed by atoms with Gasteiger partial charge in [0.1, 0.15) is 5.52 Å². The van der Waals surface area contributed by atoms with Crippen molar-refractivity contribution in [1.29, 1.82) is 0 Å². The van der Waals surface area contributed by atoms with Crippen LogP contribution in [0.4, 0.5) is 8.78 Å². The minimum atomic E-state index is -0.931. The maximum Gasteiger partial charge on any atom is 0.307 e. The predicted molar refractivity (Wildman–Crippen MR) is 92.8 cm³/mol. The Morgan fingerprint density at radius 2 is 1.96 bits per heavy atom. The Morgan fingerprint density at radius 3 is 2.70 bits per heavy atom. The molecule has 0 bridgehead atoms. The minimum Gasteiger partial charge on any atom is -0.481 e. The second-order valence-electron chi connectivity index (χ2n) is 5.03. The van der Waals surface area contributed by atoms with E-state index in [9.17, 15) is 13.6 Å². The number of hydrogen-bond acceptors (Lipinski definition) is 3. The lowest BCUT2D eigenvalue weighted by Gasteiger charge is -2.04. The molecule has 3 rings (SSSR count). The smallest absolute Gasteiger partial charge is 0.307 e. The second-order valence-corrected chi connectivity index (χ2v) is 7.39. The molecule has 0 unspecified atom stereocenters. The molecule has 7 heteroatoms. The average Bonchev–Trinajstić information content (AvgIpc) is 2.85. The first-order chi connectivity index (χ1) is 10.9. The van der Waals surface area contributed by atoms with Gasteiger partial charge in [-0.15, -0.1) is 11.3 Å². The maximum absolute atomic E-state index is 13.7. The van der Waals surface area contributed by atoms with Crippen molar-refractivity contribution in [2.45, 2.75) is 12.8 Å². The van der Waals surface area contributed by atoms with Crippen molar-refractivity contribution in [3.05, 3.63) is 61.7 Å². The Labute approximate surface area is 148 Å². The average molecular weight is 445 g/mol. The van der Waals surface area contributed by atoms with Crippen LogP contribution >= 0.6 is 33.9 Å². The van der Waals surface area contributed by atoms with E-state index in [1.807, 2.05) is 12.1 Å². The zero-order chi connectivity index (χ0) is 16.6. The largest absolute Gasteiger partial charge is 0.481 e. The van der Waals surface area contributed by atoms with Gasteiger partial charge in [0, 0.05) is 9.99 Å². The molecule has 0 aliphatic carbocycles. The number of fused-ring (bicyclic) bond motifs is 1. The van der Waals surface area contributed by atoms with Crippen molar-refractivity contribution in [3.63, 3.8) is 0 Å². The van der Waals surface area contributed by atoms with Crippen LogP contribution < -0.4 is 0 Å². The van der Waals surface area contributed by atoms with Crippen molar-refractivity contribution >= 4 is 50.1 Å². The number of hydrogen-bond donors (Lipinski definition) is 1. The highest BCUT2D eigenvalue weighted by Crippen LogP contribution is 2.27. The zero-order valence-electron chi connectivity index (χ0n) is 11.6. The van der Waals surface area contributed by atoms with Crippen LogP contribution in [-0.4, -0.2) is 16.1 Å². The van der Waals surface area contributed by atoms with Crippen molar-refractivity contribution < 1.29 is 18.7 Å². The maximum atomic E-state index is 13.7. The van der Waals surface area contributed by atoms with Crippen molar-refractivity contribution in [3.8, 4) is 0 Å². The van der Waals surface area contributed by atoms with Crippen LogP contribution in [0.5, 0.6) is 0 Å². The molecule has 1 aromatic heterocycles. The summed E-state index contributed by atoms with van der Waals surface area (Å²) in [7, 11) is 0. The van der Waals surface area contributed by atoms with E-state index in [4.69, 9.17) is 5.11 Å². The van der Waals surface area contributed by atoms with Gasteiger partial charge in [0.15, 0.2) is 11.6 Å². The monoisotopic (exact) mass is 445 g/mol. The number of rotatable bonds is 4. The number of carboxylic acids is 1. The highest BCUT2D eigenvalue weighted by atomic mass is 127. The zero-order valence-corrected chi connectivity index (χ0v) is 14.6. The van der Waals surface area contributed by atoms with E-state index in [1.54, 1.807) is 6.07 Å². The fourth-order valence-electron chi connectivity index (χ4n) is 2.33. The number of aliphatic carboxylic acids is 1. The summed E-state index contributed by atoms with van der Waals surface area (Å²) in [4.78, 5) is 15.0. The van der Waals surface area contributed by atoms with Gasteiger partial charge in [-0.05, 0) is 58.0 Å². The Bertz CT molecular complexity index is 910. The van der Waals surface area contributed by atoms with Gasteiger partial charge in [-0.25, -0.2) is 13.8 Å². The van der Waals surface area contributed by atoms with Crippen molar-refractivity contribution in [1.82, 2.24) is 4.98 Å². The summed E-state index contributed by atoms with van der Waals surface area (Å²) in [6.07, 6.45) is 0.396. The molecule has 0 aliphatic heterocycles. The van der Waals surface area contributed by atoms with Gasteiger partial charge in [0.2, 0.25) is 0 Å². The molecule has 0 saturated heterocycles. The number of halogens is 3. The highest BCUT2D eigenvalue weighted by molar-refractivity contribution is 14.1. The van der Waals surface area contributed by atoms with Gasteiger partial charge in [-0.3, -0.25) is 4.79 Å². The lowest BCUT2D eigenvalue weighted by molar-refractivity contribution is -0.136. The normalized spacial score (nSPS) is 11.1. The SMILES string of the molecule is O=C(O)Cc1cc(I)cc(Cc2nc3c(F)c(F)ccc3s2)c1. The van der Waals surface area contributed by atoms with Crippen LogP contribution in [0.15, 0.2) is 30.3 Å². The fourth-order valence-corrected chi connectivity index (χ4v) is 4.13. The molecule has 0 aliphatic rings. The van der Waals surface area contributed by atoms with Crippen molar-refractivity contribution in [2.75, 3.05) is 0 Å². The van der Waals surface area contributed by atoms with Gasteiger partial charge < -0.3 is 5.11 Å². The number of carboxylic acid groups (broad SMARTS) is 1. The lowest BCUT2D eigenvalue weighted by atomic mass is 10.1. The molecular weight excluding hydrogens is 435 g/mol. The molecule has 1 N–H and O–H groups in total. The second kappa shape index (κ2) is 6.48. The third-order valence-corrected chi connectivity index (χ3v) is 4.87. The molecule has 3 aromatic rings. The quantitative estimate of drug-likeness (QED) is 0.606.